The molecule has 0 aliphatic carbocycles. The predicted molar refractivity (Wildman–Crippen MR) is 66.0 cm³/mol. The van der Waals surface area contributed by atoms with Crippen LogP contribution in [-0.4, -0.2) is 12.4 Å². The van der Waals surface area contributed by atoms with Gasteiger partial charge in [0.15, 0.2) is 5.78 Å². The van der Waals surface area contributed by atoms with Gasteiger partial charge in [-0.2, -0.15) is 5.26 Å². The highest BCUT2D eigenvalue weighted by Crippen LogP contribution is 2.21. The monoisotopic (exact) mass is 231 g/mol. The molecule has 1 rings (SSSR count). The van der Waals surface area contributed by atoms with Crippen molar-refractivity contribution < 1.29 is 9.53 Å². The van der Waals surface area contributed by atoms with Crippen molar-refractivity contribution in [3.63, 3.8) is 0 Å². The molecule has 0 saturated heterocycles. The van der Waals surface area contributed by atoms with Crippen molar-refractivity contribution in [2.45, 2.75) is 27.7 Å². The maximum absolute atomic E-state index is 11.4. The summed E-state index contributed by atoms with van der Waals surface area (Å²) in [6.07, 6.45) is 0. The van der Waals surface area contributed by atoms with E-state index < -0.39 is 0 Å². The molecule has 0 bridgehead atoms. The van der Waals surface area contributed by atoms with Gasteiger partial charge < -0.3 is 4.74 Å². The van der Waals surface area contributed by atoms with Gasteiger partial charge in [0, 0.05) is 5.92 Å². The van der Waals surface area contributed by atoms with Gasteiger partial charge in [-0.1, -0.05) is 13.8 Å². The lowest BCUT2D eigenvalue weighted by Crippen LogP contribution is -2.16. The number of rotatable bonds is 4. The number of nitriles is 1. The zero-order valence-electron chi connectivity index (χ0n) is 10.7. The van der Waals surface area contributed by atoms with Crippen molar-refractivity contribution >= 4 is 5.78 Å². The van der Waals surface area contributed by atoms with Gasteiger partial charge in [-0.3, -0.25) is 4.79 Å². The molecule has 0 amide bonds. The highest BCUT2D eigenvalue weighted by Gasteiger charge is 2.09. The minimum atomic E-state index is -0.0180. The third-order valence-corrected chi connectivity index (χ3v) is 2.64. The van der Waals surface area contributed by atoms with Crippen molar-refractivity contribution in [1.82, 2.24) is 0 Å². The molecule has 0 heterocycles. The van der Waals surface area contributed by atoms with Gasteiger partial charge in [0.25, 0.3) is 0 Å². The molecular formula is C14H17NO2. The molecule has 17 heavy (non-hydrogen) atoms. The summed E-state index contributed by atoms with van der Waals surface area (Å²) in [5.41, 5.74) is 2.42. The molecule has 3 nitrogen and oxygen atoms in total. The Bertz CT molecular complexity index is 447. The third kappa shape index (κ3) is 3.32. The van der Waals surface area contributed by atoms with Crippen LogP contribution in [0.3, 0.4) is 0 Å². The lowest BCUT2D eigenvalue weighted by molar-refractivity contribution is -0.123. The van der Waals surface area contributed by atoms with Gasteiger partial charge in [0.1, 0.15) is 12.4 Å². The summed E-state index contributed by atoms with van der Waals surface area (Å²) in [5.74, 6) is 0.702. The van der Waals surface area contributed by atoms with Gasteiger partial charge in [0.2, 0.25) is 0 Å². The number of nitrogens with zero attached hydrogens (tertiary/aromatic N) is 1. The van der Waals surface area contributed by atoms with Gasteiger partial charge >= 0.3 is 0 Å². The molecule has 0 radical (unpaired) electrons. The number of ketones is 1. The number of carbonyl (C=O) groups excluding carboxylic acids is 1. The fourth-order valence-electron chi connectivity index (χ4n) is 1.50. The molecule has 0 aliphatic heterocycles. The molecule has 1 aromatic carbocycles. The maximum Gasteiger partial charge on any atom is 0.172 e. The number of carbonyl (C=O) groups is 1. The molecular weight excluding hydrogens is 214 g/mol. The van der Waals surface area contributed by atoms with E-state index >= 15 is 0 Å². The van der Waals surface area contributed by atoms with Crippen molar-refractivity contribution in [2.75, 3.05) is 6.61 Å². The van der Waals surface area contributed by atoms with E-state index in [0.29, 0.717) is 11.3 Å². The normalized spacial score (nSPS) is 10.1. The molecule has 0 unspecified atom stereocenters. The summed E-state index contributed by atoms with van der Waals surface area (Å²) in [6, 6.07) is 5.73. The molecule has 0 saturated carbocycles. The first-order valence-electron chi connectivity index (χ1n) is 5.62. The molecule has 90 valence electrons. The number of Topliss-reactive ketones (excluding diaryl/α,β-unsaturated/α-hetero) is 1. The molecule has 0 fully saturated rings. The lowest BCUT2D eigenvalue weighted by Gasteiger charge is -2.10. The smallest absolute Gasteiger partial charge is 0.172 e. The first kappa shape index (κ1) is 13.2. The first-order chi connectivity index (χ1) is 7.95. The summed E-state index contributed by atoms with van der Waals surface area (Å²) in [4.78, 5) is 11.4. The van der Waals surface area contributed by atoms with Gasteiger partial charge in [-0.15, -0.1) is 0 Å². The second kappa shape index (κ2) is 5.49. The highest BCUT2D eigenvalue weighted by molar-refractivity contribution is 5.81. The minimum Gasteiger partial charge on any atom is -0.486 e. The zero-order valence-corrected chi connectivity index (χ0v) is 10.7. The van der Waals surface area contributed by atoms with Crippen LogP contribution in [0.5, 0.6) is 5.75 Å². The van der Waals surface area contributed by atoms with Crippen LogP contribution in [0.2, 0.25) is 0 Å². The fourth-order valence-corrected chi connectivity index (χ4v) is 1.50. The summed E-state index contributed by atoms with van der Waals surface area (Å²) in [7, 11) is 0. The number of aryl methyl sites for hydroxylation is 2. The highest BCUT2D eigenvalue weighted by atomic mass is 16.5. The number of hydrogen-bond donors (Lipinski definition) is 0. The quantitative estimate of drug-likeness (QED) is 0.800. The van der Waals surface area contributed by atoms with Crippen molar-refractivity contribution in [1.29, 1.82) is 5.26 Å². The zero-order chi connectivity index (χ0) is 13.0. The SMILES string of the molecule is Cc1cc(OCC(=O)C(C)C)cc(C)c1C#N. The Kier molecular flexibility index (Phi) is 4.28. The van der Waals surface area contributed by atoms with E-state index in [4.69, 9.17) is 10.00 Å². The number of ether oxygens (including phenoxy) is 1. The van der Waals surface area contributed by atoms with Crippen LogP contribution in [0.15, 0.2) is 12.1 Å². The Balaban J connectivity index is 2.81. The summed E-state index contributed by atoms with van der Waals surface area (Å²) in [5, 5.41) is 8.94. The van der Waals surface area contributed by atoms with E-state index in [1.807, 2.05) is 27.7 Å². The van der Waals surface area contributed by atoms with E-state index in [0.717, 1.165) is 11.1 Å². The number of benzene rings is 1. The van der Waals surface area contributed by atoms with Crippen LogP contribution in [0.25, 0.3) is 0 Å². The summed E-state index contributed by atoms with van der Waals surface area (Å²) < 4.78 is 5.43. The Morgan fingerprint density at radius 1 is 1.35 bits per heavy atom. The Hall–Kier alpha value is -1.82. The first-order valence-corrected chi connectivity index (χ1v) is 5.62. The standard InChI is InChI=1S/C14H17NO2/c1-9(2)14(16)8-17-12-5-10(3)13(7-15)11(4)6-12/h5-6,9H,8H2,1-4H3. The van der Waals surface area contributed by atoms with E-state index in [1.54, 1.807) is 12.1 Å². The van der Waals surface area contributed by atoms with Crippen LogP contribution in [0.4, 0.5) is 0 Å². The Labute approximate surface area is 102 Å². The predicted octanol–water partition coefficient (Wildman–Crippen LogP) is 2.78. The molecule has 0 N–H and O–H groups in total. The van der Waals surface area contributed by atoms with Crippen LogP contribution >= 0.6 is 0 Å². The van der Waals surface area contributed by atoms with Crippen molar-refractivity contribution in [2.24, 2.45) is 5.92 Å². The third-order valence-electron chi connectivity index (χ3n) is 2.64. The second-order valence-electron chi connectivity index (χ2n) is 4.45. The van der Waals surface area contributed by atoms with Gasteiger partial charge in [-0.05, 0) is 37.1 Å². The molecule has 0 spiro atoms. The van der Waals surface area contributed by atoms with Crippen molar-refractivity contribution in [3.8, 4) is 11.8 Å². The second-order valence-corrected chi connectivity index (χ2v) is 4.45. The average Bonchev–Trinajstić information content (AvgIpc) is 2.25. The van der Waals surface area contributed by atoms with E-state index in [2.05, 4.69) is 6.07 Å². The van der Waals surface area contributed by atoms with Crippen LogP contribution in [-0.2, 0) is 4.79 Å². The Morgan fingerprint density at radius 3 is 2.29 bits per heavy atom. The lowest BCUT2D eigenvalue weighted by atomic mass is 10.0. The summed E-state index contributed by atoms with van der Waals surface area (Å²) in [6.45, 7) is 7.51. The maximum atomic E-state index is 11.4. The molecule has 3 heteroatoms. The van der Waals surface area contributed by atoms with Gasteiger partial charge in [0.05, 0.1) is 11.6 Å². The van der Waals surface area contributed by atoms with Gasteiger partial charge in [-0.25, -0.2) is 0 Å². The Morgan fingerprint density at radius 2 is 1.88 bits per heavy atom. The van der Waals surface area contributed by atoms with E-state index in [1.165, 1.54) is 0 Å². The molecule has 1 aromatic rings. The molecule has 0 aliphatic rings. The number of hydrogen-bond acceptors (Lipinski definition) is 3. The van der Waals surface area contributed by atoms with Crippen molar-refractivity contribution in [3.05, 3.63) is 28.8 Å². The van der Waals surface area contributed by atoms with E-state index in [-0.39, 0.29) is 18.3 Å². The average molecular weight is 231 g/mol. The van der Waals surface area contributed by atoms with Crippen LogP contribution in [0.1, 0.15) is 30.5 Å². The molecule has 0 atom stereocenters. The molecule has 0 aromatic heterocycles. The van der Waals surface area contributed by atoms with E-state index in [9.17, 15) is 4.79 Å². The fraction of sp³-hybridized carbons (Fsp3) is 0.429. The summed E-state index contributed by atoms with van der Waals surface area (Å²) >= 11 is 0. The topological polar surface area (TPSA) is 50.1 Å². The largest absolute Gasteiger partial charge is 0.486 e. The van der Waals surface area contributed by atoms with Crippen LogP contribution in [0, 0.1) is 31.1 Å². The van der Waals surface area contributed by atoms with Crippen LogP contribution < -0.4 is 4.74 Å². The minimum absolute atomic E-state index is 0.0180.